The summed E-state index contributed by atoms with van der Waals surface area (Å²) in [4.78, 5) is 35.2. The van der Waals surface area contributed by atoms with E-state index in [-0.39, 0.29) is 17.3 Å². The zero-order chi connectivity index (χ0) is 23.8. The smallest absolute Gasteiger partial charge is 0.302 e. The van der Waals surface area contributed by atoms with Crippen molar-refractivity contribution in [3.05, 3.63) is 95.3 Å². The van der Waals surface area contributed by atoms with Crippen LogP contribution in [0.3, 0.4) is 0 Å². The Morgan fingerprint density at radius 3 is 2.59 bits per heavy atom. The van der Waals surface area contributed by atoms with E-state index in [0.29, 0.717) is 34.5 Å². The van der Waals surface area contributed by atoms with Gasteiger partial charge < -0.3 is 14.8 Å². The van der Waals surface area contributed by atoms with Gasteiger partial charge in [-0.3, -0.25) is 14.5 Å². The minimum absolute atomic E-state index is 0.120. The average Bonchev–Trinajstić information content (AvgIpc) is 3.38. The van der Waals surface area contributed by atoms with Gasteiger partial charge in [0.2, 0.25) is 5.95 Å². The summed E-state index contributed by atoms with van der Waals surface area (Å²) in [7, 11) is 0. The molecule has 7 nitrogen and oxygen atoms in total. The number of aromatic nitrogens is 2. The molecule has 0 spiro atoms. The van der Waals surface area contributed by atoms with Crippen LogP contribution in [0, 0.1) is 5.82 Å². The number of rotatable bonds is 5. The number of ketones is 1. The maximum absolute atomic E-state index is 13.7. The number of carbonyl (C=O) groups excluding carboxylic acids is 2. The number of imidazole rings is 1. The standard InChI is InChI=1S/C26H20FN3O4/c1-2-34-18-7-5-6-16(14-18)23(31)21-22(15-10-12-17(27)13-11-15)30(25(33)24(21)32)26-28-19-8-3-4-9-20(19)29-26/h3-14,22,31H,2H2,1H3,(H,28,29)/b23-21+. The molecule has 1 unspecified atom stereocenters. The lowest BCUT2D eigenvalue weighted by Gasteiger charge is -2.23. The highest BCUT2D eigenvalue weighted by Crippen LogP contribution is 2.42. The number of benzene rings is 3. The Morgan fingerprint density at radius 1 is 1.09 bits per heavy atom. The van der Waals surface area contributed by atoms with Gasteiger partial charge in [-0.1, -0.05) is 36.4 Å². The SMILES string of the molecule is CCOc1cccc(/C(O)=C2\C(=O)C(=O)N(c3nc4ccccc4[nH]3)C2c2ccc(F)cc2)c1. The van der Waals surface area contributed by atoms with E-state index in [1.165, 1.54) is 29.2 Å². The van der Waals surface area contributed by atoms with Crippen LogP contribution < -0.4 is 9.64 Å². The average molecular weight is 457 g/mol. The number of nitrogens with one attached hydrogen (secondary N) is 1. The fourth-order valence-electron chi connectivity index (χ4n) is 4.12. The summed E-state index contributed by atoms with van der Waals surface area (Å²) in [6.07, 6.45) is 0. The van der Waals surface area contributed by atoms with Crippen LogP contribution in [0.4, 0.5) is 10.3 Å². The number of hydrogen-bond acceptors (Lipinski definition) is 5. The number of H-pyrrole nitrogens is 1. The van der Waals surface area contributed by atoms with Crippen molar-refractivity contribution in [1.82, 2.24) is 9.97 Å². The van der Waals surface area contributed by atoms with E-state index in [9.17, 15) is 19.1 Å². The Hall–Kier alpha value is -4.46. The summed E-state index contributed by atoms with van der Waals surface area (Å²) in [5.74, 6) is -1.87. The van der Waals surface area contributed by atoms with Crippen LogP contribution in [0.15, 0.2) is 78.4 Å². The number of carbonyl (C=O) groups is 2. The lowest BCUT2D eigenvalue weighted by molar-refractivity contribution is -0.132. The number of hydrogen-bond donors (Lipinski definition) is 2. The second-order valence-corrected chi connectivity index (χ2v) is 7.76. The third kappa shape index (κ3) is 3.59. The number of nitrogens with zero attached hydrogens (tertiary/aromatic N) is 2. The Bertz CT molecular complexity index is 1410. The van der Waals surface area contributed by atoms with Crippen LogP contribution in [0.5, 0.6) is 5.75 Å². The van der Waals surface area contributed by atoms with Crippen LogP contribution in [-0.4, -0.2) is 33.4 Å². The van der Waals surface area contributed by atoms with Crippen LogP contribution in [0.1, 0.15) is 24.1 Å². The number of halogens is 1. The molecular weight excluding hydrogens is 437 g/mol. The van der Waals surface area contributed by atoms with Gasteiger partial charge in [-0.2, -0.15) is 0 Å². The summed E-state index contributed by atoms with van der Waals surface area (Å²) in [5, 5.41) is 11.2. The zero-order valence-electron chi connectivity index (χ0n) is 18.2. The van der Waals surface area contributed by atoms with Gasteiger partial charge in [0.1, 0.15) is 17.3 Å². The lowest BCUT2D eigenvalue weighted by atomic mass is 9.95. The number of aromatic amines is 1. The Morgan fingerprint density at radius 2 is 1.85 bits per heavy atom. The molecule has 2 N–H and O–H groups in total. The van der Waals surface area contributed by atoms with Crippen molar-refractivity contribution in [2.45, 2.75) is 13.0 Å². The van der Waals surface area contributed by atoms with Gasteiger partial charge in [-0.15, -0.1) is 0 Å². The van der Waals surface area contributed by atoms with E-state index >= 15 is 0 Å². The molecule has 170 valence electrons. The molecule has 0 saturated carbocycles. The molecule has 4 aromatic rings. The molecule has 3 aromatic carbocycles. The topological polar surface area (TPSA) is 95.5 Å². The minimum Gasteiger partial charge on any atom is -0.507 e. The highest BCUT2D eigenvalue weighted by atomic mass is 19.1. The number of Topliss-reactive ketones (excluding diaryl/α,β-unsaturated/α-hetero) is 1. The normalized spacial score (nSPS) is 17.5. The van der Waals surface area contributed by atoms with Crippen molar-refractivity contribution in [2.24, 2.45) is 0 Å². The van der Waals surface area contributed by atoms with E-state index in [1.54, 1.807) is 36.4 Å². The lowest BCUT2D eigenvalue weighted by Crippen LogP contribution is -2.30. The van der Waals surface area contributed by atoms with E-state index in [0.717, 1.165) is 0 Å². The Balaban J connectivity index is 1.71. The van der Waals surface area contributed by atoms with Gasteiger partial charge in [0.15, 0.2) is 0 Å². The molecule has 2 heterocycles. The maximum Gasteiger partial charge on any atom is 0.302 e. The first kappa shape index (κ1) is 21.4. The van der Waals surface area contributed by atoms with Crippen LogP contribution in [0.2, 0.25) is 0 Å². The van der Waals surface area contributed by atoms with Gasteiger partial charge in [0, 0.05) is 5.56 Å². The van der Waals surface area contributed by atoms with Crippen molar-refractivity contribution in [3.8, 4) is 5.75 Å². The second kappa shape index (κ2) is 8.47. The van der Waals surface area contributed by atoms with Crippen LogP contribution in [0.25, 0.3) is 16.8 Å². The highest BCUT2D eigenvalue weighted by Gasteiger charge is 2.48. The molecular formula is C26H20FN3O4. The van der Waals surface area contributed by atoms with Crippen molar-refractivity contribution < 1.29 is 23.8 Å². The molecule has 0 aliphatic carbocycles. The van der Waals surface area contributed by atoms with E-state index in [1.807, 2.05) is 19.1 Å². The van der Waals surface area contributed by atoms with Crippen molar-refractivity contribution in [2.75, 3.05) is 11.5 Å². The maximum atomic E-state index is 13.7. The summed E-state index contributed by atoms with van der Waals surface area (Å²) in [6, 6.07) is 18.2. The van der Waals surface area contributed by atoms with E-state index in [4.69, 9.17) is 4.74 Å². The number of para-hydroxylation sites is 2. The van der Waals surface area contributed by atoms with Crippen molar-refractivity contribution in [1.29, 1.82) is 0 Å². The quantitative estimate of drug-likeness (QED) is 0.257. The van der Waals surface area contributed by atoms with Crippen molar-refractivity contribution in [3.63, 3.8) is 0 Å². The number of aliphatic hydroxyl groups excluding tert-OH is 1. The molecule has 1 saturated heterocycles. The van der Waals surface area contributed by atoms with Crippen LogP contribution in [-0.2, 0) is 9.59 Å². The minimum atomic E-state index is -1.02. The van der Waals surface area contributed by atoms with Gasteiger partial charge in [-0.05, 0) is 48.9 Å². The fraction of sp³-hybridized carbons (Fsp3) is 0.115. The number of fused-ring (bicyclic) bond motifs is 1. The fourth-order valence-corrected chi connectivity index (χ4v) is 4.12. The Labute approximate surface area is 194 Å². The molecule has 34 heavy (non-hydrogen) atoms. The van der Waals surface area contributed by atoms with Gasteiger partial charge >= 0.3 is 5.91 Å². The van der Waals surface area contributed by atoms with E-state index in [2.05, 4.69) is 9.97 Å². The molecule has 1 atom stereocenters. The van der Waals surface area contributed by atoms with Crippen LogP contribution >= 0.6 is 0 Å². The summed E-state index contributed by atoms with van der Waals surface area (Å²) in [6.45, 7) is 2.26. The Kier molecular flexibility index (Phi) is 5.33. The summed E-state index contributed by atoms with van der Waals surface area (Å²) >= 11 is 0. The first-order valence-corrected chi connectivity index (χ1v) is 10.7. The zero-order valence-corrected chi connectivity index (χ0v) is 18.2. The monoisotopic (exact) mass is 457 g/mol. The summed E-state index contributed by atoms with van der Waals surface area (Å²) < 4.78 is 19.2. The third-order valence-corrected chi connectivity index (χ3v) is 5.65. The van der Waals surface area contributed by atoms with Gasteiger partial charge in [0.05, 0.1) is 29.3 Å². The molecule has 8 heteroatoms. The van der Waals surface area contributed by atoms with E-state index < -0.39 is 23.5 Å². The van der Waals surface area contributed by atoms with Gasteiger partial charge in [-0.25, -0.2) is 9.37 Å². The first-order valence-electron chi connectivity index (χ1n) is 10.7. The second-order valence-electron chi connectivity index (χ2n) is 7.76. The number of anilines is 1. The third-order valence-electron chi connectivity index (χ3n) is 5.65. The predicted octanol–water partition coefficient (Wildman–Crippen LogP) is 4.73. The largest absolute Gasteiger partial charge is 0.507 e. The van der Waals surface area contributed by atoms with Gasteiger partial charge in [0.25, 0.3) is 5.78 Å². The highest BCUT2D eigenvalue weighted by molar-refractivity contribution is 6.51. The molecule has 1 aromatic heterocycles. The molecule has 0 bridgehead atoms. The first-order chi connectivity index (χ1) is 16.5. The molecule has 0 radical (unpaired) electrons. The van der Waals surface area contributed by atoms with Crippen molar-refractivity contribution >= 4 is 34.4 Å². The number of aliphatic hydroxyl groups is 1. The molecule has 1 aliphatic rings. The number of amides is 1. The molecule has 1 fully saturated rings. The molecule has 5 rings (SSSR count). The number of ether oxygens (including phenoxy) is 1. The predicted molar refractivity (Wildman–Crippen MR) is 125 cm³/mol. The molecule has 1 amide bonds. The molecule has 1 aliphatic heterocycles. The summed E-state index contributed by atoms with van der Waals surface area (Å²) in [5.41, 5.74) is 1.94.